The zero-order chi connectivity index (χ0) is 19.8. The highest BCUT2D eigenvalue weighted by Crippen LogP contribution is 2.35. The van der Waals surface area contributed by atoms with Crippen LogP contribution in [0.5, 0.6) is 0 Å². The minimum Gasteiger partial charge on any atom is -0.339 e. The van der Waals surface area contributed by atoms with E-state index in [2.05, 4.69) is 10.1 Å². The number of nitrogens with zero attached hydrogens (tertiary/aromatic N) is 4. The van der Waals surface area contributed by atoms with Gasteiger partial charge in [-0.15, -0.1) is 0 Å². The number of aryl methyl sites for hydroxylation is 1. The molecule has 4 rings (SSSR count). The molecule has 8 heteroatoms. The molecule has 0 N–H and O–H groups in total. The van der Waals surface area contributed by atoms with Crippen molar-refractivity contribution < 1.29 is 4.52 Å². The van der Waals surface area contributed by atoms with E-state index in [4.69, 9.17) is 44.4 Å². The Balaban J connectivity index is 1.97. The van der Waals surface area contributed by atoms with Crippen molar-refractivity contribution in [2.24, 2.45) is 0 Å². The van der Waals surface area contributed by atoms with Crippen molar-refractivity contribution in [2.75, 3.05) is 0 Å². The predicted molar refractivity (Wildman–Crippen MR) is 111 cm³/mol. The summed E-state index contributed by atoms with van der Waals surface area (Å²) in [5.41, 5.74) is 4.02. The maximum atomic E-state index is 6.47. The predicted octanol–water partition coefficient (Wildman–Crippen LogP) is 6.42. The Morgan fingerprint density at radius 1 is 1.00 bits per heavy atom. The van der Waals surface area contributed by atoms with E-state index in [1.807, 2.05) is 44.2 Å². The van der Waals surface area contributed by atoms with E-state index in [0.717, 1.165) is 16.8 Å². The van der Waals surface area contributed by atoms with Gasteiger partial charge in [0, 0.05) is 27.6 Å². The third-order valence-corrected chi connectivity index (χ3v) is 5.15. The molecular weight excluding hydrogens is 419 g/mol. The van der Waals surface area contributed by atoms with E-state index in [1.165, 1.54) is 0 Å². The van der Waals surface area contributed by atoms with Crippen LogP contribution in [0.4, 0.5) is 0 Å². The summed E-state index contributed by atoms with van der Waals surface area (Å²) in [5, 5.41) is 10.5. The van der Waals surface area contributed by atoms with E-state index in [9.17, 15) is 0 Å². The molecule has 2 heterocycles. The van der Waals surface area contributed by atoms with Gasteiger partial charge < -0.3 is 4.52 Å². The van der Waals surface area contributed by atoms with Gasteiger partial charge in [0.05, 0.1) is 16.4 Å². The topological polar surface area (TPSA) is 56.7 Å². The average molecular weight is 434 g/mol. The molecule has 2 aromatic carbocycles. The number of benzene rings is 2. The van der Waals surface area contributed by atoms with Crippen LogP contribution in [-0.2, 0) is 6.42 Å². The highest BCUT2D eigenvalue weighted by atomic mass is 35.5. The second-order valence-electron chi connectivity index (χ2n) is 6.20. The smallest absolute Gasteiger partial charge is 0.226 e. The van der Waals surface area contributed by atoms with Crippen molar-refractivity contribution in [3.63, 3.8) is 0 Å². The van der Waals surface area contributed by atoms with E-state index < -0.39 is 0 Å². The Bertz CT molecular complexity index is 1150. The van der Waals surface area contributed by atoms with Gasteiger partial charge in [-0.25, -0.2) is 4.68 Å². The van der Waals surface area contributed by atoms with Gasteiger partial charge in [0.25, 0.3) is 0 Å². The number of rotatable bonds is 4. The number of aromatic nitrogens is 4. The zero-order valence-electron chi connectivity index (χ0n) is 15.1. The first kappa shape index (κ1) is 19.0. The van der Waals surface area contributed by atoms with Crippen LogP contribution in [0.15, 0.2) is 47.0 Å². The minimum atomic E-state index is 0.438. The number of hydrogen-bond acceptors (Lipinski definition) is 4. The Morgan fingerprint density at radius 2 is 1.71 bits per heavy atom. The van der Waals surface area contributed by atoms with E-state index in [0.29, 0.717) is 44.6 Å². The van der Waals surface area contributed by atoms with Crippen molar-refractivity contribution in [1.29, 1.82) is 0 Å². The molecule has 4 aromatic rings. The van der Waals surface area contributed by atoms with E-state index in [-0.39, 0.29) is 0 Å². The lowest BCUT2D eigenvalue weighted by atomic mass is 10.1. The van der Waals surface area contributed by atoms with Gasteiger partial charge >= 0.3 is 0 Å². The van der Waals surface area contributed by atoms with Crippen LogP contribution in [0.1, 0.15) is 18.4 Å². The molecule has 0 aliphatic heterocycles. The highest BCUT2D eigenvalue weighted by Gasteiger charge is 2.23. The summed E-state index contributed by atoms with van der Waals surface area (Å²) in [7, 11) is 0. The van der Waals surface area contributed by atoms with Gasteiger partial charge in [-0.05, 0) is 37.3 Å². The molecule has 0 bridgehead atoms. The quantitative estimate of drug-likeness (QED) is 0.372. The second-order valence-corrected chi connectivity index (χ2v) is 7.48. The molecule has 2 aromatic heterocycles. The molecular formula is C20H15Cl3N4O. The SMILES string of the molecule is CCc1nc(-c2nn(-c3ccc(Cl)cc3Cl)c(-c3ccc(Cl)cc3)c2C)no1. The van der Waals surface area contributed by atoms with E-state index in [1.54, 1.807) is 16.8 Å². The summed E-state index contributed by atoms with van der Waals surface area (Å²) in [6, 6.07) is 12.8. The molecule has 0 aliphatic rings. The molecule has 0 saturated carbocycles. The highest BCUT2D eigenvalue weighted by molar-refractivity contribution is 6.35. The van der Waals surface area contributed by atoms with Crippen molar-refractivity contribution >= 4 is 34.8 Å². The monoisotopic (exact) mass is 432 g/mol. The van der Waals surface area contributed by atoms with Crippen molar-refractivity contribution in [3.05, 3.63) is 69.0 Å². The first-order valence-electron chi connectivity index (χ1n) is 8.62. The zero-order valence-corrected chi connectivity index (χ0v) is 17.3. The van der Waals surface area contributed by atoms with Gasteiger partial charge in [-0.1, -0.05) is 59.0 Å². The van der Waals surface area contributed by atoms with Gasteiger partial charge in [-0.3, -0.25) is 0 Å². The van der Waals surface area contributed by atoms with Gasteiger partial charge in [0.1, 0.15) is 5.69 Å². The largest absolute Gasteiger partial charge is 0.339 e. The summed E-state index contributed by atoms with van der Waals surface area (Å²) < 4.78 is 7.04. The lowest BCUT2D eigenvalue weighted by Gasteiger charge is -2.11. The first-order valence-corrected chi connectivity index (χ1v) is 9.75. The van der Waals surface area contributed by atoms with Crippen LogP contribution < -0.4 is 0 Å². The maximum Gasteiger partial charge on any atom is 0.226 e. The summed E-state index contributed by atoms with van der Waals surface area (Å²) in [5.74, 6) is 0.995. The average Bonchev–Trinajstić information content (AvgIpc) is 3.27. The Labute approximate surface area is 176 Å². The minimum absolute atomic E-state index is 0.438. The van der Waals surface area contributed by atoms with Gasteiger partial charge in [0.15, 0.2) is 0 Å². The standard InChI is InChI=1S/C20H15Cl3N4O/c1-3-17-24-20(26-28-17)18-11(2)19(12-4-6-13(21)7-5-12)27(25-18)16-9-8-14(22)10-15(16)23/h4-10H,3H2,1-2H3. The van der Waals surface area contributed by atoms with Crippen molar-refractivity contribution in [3.8, 4) is 28.5 Å². The third-order valence-electron chi connectivity index (χ3n) is 4.36. The molecule has 5 nitrogen and oxygen atoms in total. The Kier molecular flexibility index (Phi) is 5.15. The normalized spacial score (nSPS) is 11.2. The molecule has 0 radical (unpaired) electrons. The molecule has 0 fully saturated rings. The van der Waals surface area contributed by atoms with Crippen molar-refractivity contribution in [2.45, 2.75) is 20.3 Å². The molecule has 0 atom stereocenters. The summed E-state index contributed by atoms with van der Waals surface area (Å²) in [4.78, 5) is 4.42. The summed E-state index contributed by atoms with van der Waals surface area (Å²) in [6.07, 6.45) is 0.653. The summed E-state index contributed by atoms with van der Waals surface area (Å²) in [6.45, 7) is 3.92. The lowest BCUT2D eigenvalue weighted by Crippen LogP contribution is -2.00. The van der Waals surface area contributed by atoms with E-state index >= 15 is 0 Å². The van der Waals surface area contributed by atoms with Crippen LogP contribution in [0.3, 0.4) is 0 Å². The fraction of sp³-hybridized carbons (Fsp3) is 0.150. The molecule has 0 aliphatic carbocycles. The Morgan fingerprint density at radius 3 is 2.36 bits per heavy atom. The maximum absolute atomic E-state index is 6.47. The van der Waals surface area contributed by atoms with Crippen LogP contribution >= 0.6 is 34.8 Å². The molecule has 0 saturated heterocycles. The third kappa shape index (κ3) is 3.41. The molecule has 0 unspecified atom stereocenters. The lowest BCUT2D eigenvalue weighted by molar-refractivity contribution is 0.382. The number of halogens is 3. The van der Waals surface area contributed by atoms with Crippen LogP contribution in [0.25, 0.3) is 28.5 Å². The first-order chi connectivity index (χ1) is 13.5. The fourth-order valence-corrected chi connectivity index (χ4v) is 3.59. The van der Waals surface area contributed by atoms with Crippen molar-refractivity contribution in [1.82, 2.24) is 19.9 Å². The van der Waals surface area contributed by atoms with Crippen LogP contribution in [-0.4, -0.2) is 19.9 Å². The van der Waals surface area contributed by atoms with Gasteiger partial charge in [-0.2, -0.15) is 10.1 Å². The molecule has 0 amide bonds. The number of hydrogen-bond donors (Lipinski definition) is 0. The Hall–Kier alpha value is -2.34. The van der Waals surface area contributed by atoms with Crippen LogP contribution in [0, 0.1) is 6.92 Å². The second kappa shape index (κ2) is 7.59. The molecule has 142 valence electrons. The molecule has 0 spiro atoms. The fourth-order valence-electron chi connectivity index (χ4n) is 2.98. The summed E-state index contributed by atoms with van der Waals surface area (Å²) >= 11 is 18.6. The molecule has 28 heavy (non-hydrogen) atoms. The van der Waals surface area contributed by atoms with Gasteiger partial charge in [0.2, 0.25) is 11.7 Å². The van der Waals surface area contributed by atoms with Crippen LogP contribution in [0.2, 0.25) is 15.1 Å².